The number of aliphatic hydroxyl groups excluding tert-OH is 1. The summed E-state index contributed by atoms with van der Waals surface area (Å²) >= 11 is 0. The molecule has 0 radical (unpaired) electrons. The summed E-state index contributed by atoms with van der Waals surface area (Å²) in [5.74, 6) is 3.25. The quantitative estimate of drug-likeness (QED) is 0.673. The molecule has 1 amide bonds. The van der Waals surface area contributed by atoms with Crippen molar-refractivity contribution < 1.29 is 27.8 Å². The third-order valence-corrected chi connectivity index (χ3v) is 4.06. The molecule has 11 heteroatoms. The number of carbonyl (C=O) groups excluding carboxylic acids is 1. The first-order valence-corrected chi connectivity index (χ1v) is 8.02. The van der Waals surface area contributed by atoms with E-state index in [4.69, 9.17) is 10.5 Å². The van der Waals surface area contributed by atoms with E-state index in [1.54, 1.807) is 16.1 Å². The fourth-order valence-electron chi connectivity index (χ4n) is 2.81. The number of fused-ring (bicyclic) bond motifs is 1. The van der Waals surface area contributed by atoms with E-state index < -0.39 is 18.6 Å². The highest BCUT2D eigenvalue weighted by Crippen LogP contribution is 2.33. The Hall–Kier alpha value is -2.84. The average Bonchev–Trinajstić information content (AvgIpc) is 3.22. The highest BCUT2D eigenvalue weighted by molar-refractivity contribution is 5.92. The molecule has 2 aromatic heterocycles. The maximum Gasteiger partial charge on any atom is 0.471 e. The summed E-state index contributed by atoms with van der Waals surface area (Å²) in [6, 6.07) is 0. The van der Waals surface area contributed by atoms with Crippen LogP contribution in [0.3, 0.4) is 0 Å². The normalized spacial score (nSPS) is 19.7. The van der Waals surface area contributed by atoms with Crippen molar-refractivity contribution in [3.05, 3.63) is 18.1 Å². The molecular formula is C16H16F3N5O3. The number of aromatic nitrogens is 3. The predicted molar refractivity (Wildman–Crippen MR) is 88.1 cm³/mol. The average molecular weight is 383 g/mol. The predicted octanol–water partition coefficient (Wildman–Crippen LogP) is 0.713. The molecule has 1 aliphatic rings. The third kappa shape index (κ3) is 3.96. The zero-order valence-corrected chi connectivity index (χ0v) is 14.0. The van der Waals surface area contributed by atoms with Crippen molar-refractivity contribution in [3.8, 4) is 11.8 Å². The number of nitrogens with one attached hydrogen (secondary N) is 1. The molecule has 0 spiro atoms. The number of nitrogens with zero attached hydrogens (tertiary/aromatic N) is 3. The Labute approximate surface area is 151 Å². The van der Waals surface area contributed by atoms with E-state index in [0.29, 0.717) is 29.4 Å². The summed E-state index contributed by atoms with van der Waals surface area (Å²) in [7, 11) is 0. The van der Waals surface area contributed by atoms with Gasteiger partial charge in [0.2, 0.25) is 0 Å². The maximum absolute atomic E-state index is 12.2. The van der Waals surface area contributed by atoms with Crippen LogP contribution in [-0.4, -0.2) is 51.0 Å². The van der Waals surface area contributed by atoms with Gasteiger partial charge in [-0.05, 0) is 12.8 Å². The highest BCUT2D eigenvalue weighted by Gasteiger charge is 2.38. The van der Waals surface area contributed by atoms with Crippen LogP contribution in [0.25, 0.3) is 11.0 Å². The van der Waals surface area contributed by atoms with E-state index in [2.05, 4.69) is 21.8 Å². The number of aliphatic hydroxyl groups is 1. The minimum absolute atomic E-state index is 0.0988. The lowest BCUT2D eigenvalue weighted by Crippen LogP contribution is -2.36. The van der Waals surface area contributed by atoms with Crippen molar-refractivity contribution in [2.45, 2.75) is 31.3 Å². The molecule has 2 aromatic rings. The minimum Gasteiger partial charge on any atom is -0.394 e. The smallest absolute Gasteiger partial charge is 0.394 e. The van der Waals surface area contributed by atoms with Gasteiger partial charge in [-0.3, -0.25) is 4.79 Å². The Morgan fingerprint density at radius 1 is 1.44 bits per heavy atom. The number of alkyl halides is 3. The van der Waals surface area contributed by atoms with Crippen molar-refractivity contribution in [2.75, 3.05) is 18.9 Å². The van der Waals surface area contributed by atoms with Crippen LogP contribution in [0.5, 0.6) is 0 Å². The number of ether oxygens (including phenoxy) is 1. The standard InChI is InChI=1S/C16H16F3N5O3/c17-16(18,19)15(26)21-5-1-2-9-6-24(11-4-3-10(7-25)27-11)14-12(9)13(20)22-8-23-14/h6,8,10-11,25H,3-5,7H2,(H,21,26)(H2,20,22,23). The Kier molecular flexibility index (Phi) is 5.20. The summed E-state index contributed by atoms with van der Waals surface area (Å²) in [6.07, 6.45) is -1.39. The van der Waals surface area contributed by atoms with Crippen LogP contribution < -0.4 is 11.1 Å². The van der Waals surface area contributed by atoms with Gasteiger partial charge in [0.25, 0.3) is 0 Å². The van der Waals surface area contributed by atoms with Gasteiger partial charge >= 0.3 is 12.1 Å². The van der Waals surface area contributed by atoms with Gasteiger partial charge in [0.1, 0.15) is 24.0 Å². The fourth-order valence-corrected chi connectivity index (χ4v) is 2.81. The van der Waals surface area contributed by atoms with Crippen LogP contribution in [-0.2, 0) is 9.53 Å². The molecule has 144 valence electrons. The Morgan fingerprint density at radius 3 is 2.89 bits per heavy atom. The lowest BCUT2D eigenvalue weighted by Gasteiger charge is -2.14. The van der Waals surface area contributed by atoms with Gasteiger partial charge in [-0.15, -0.1) is 0 Å². The van der Waals surface area contributed by atoms with Crippen LogP contribution >= 0.6 is 0 Å². The van der Waals surface area contributed by atoms with Crippen molar-refractivity contribution in [1.82, 2.24) is 19.9 Å². The molecule has 4 N–H and O–H groups in total. The minimum atomic E-state index is -4.96. The van der Waals surface area contributed by atoms with Crippen molar-refractivity contribution in [1.29, 1.82) is 0 Å². The summed E-state index contributed by atoms with van der Waals surface area (Å²) < 4.78 is 44.0. The SMILES string of the molecule is Nc1ncnc2c1c(C#CCNC(=O)C(F)(F)F)cn2C1CCC(CO)O1. The molecule has 3 heterocycles. The van der Waals surface area contributed by atoms with E-state index in [0.717, 1.165) is 0 Å². The Morgan fingerprint density at radius 2 is 2.22 bits per heavy atom. The van der Waals surface area contributed by atoms with Crippen molar-refractivity contribution >= 4 is 22.8 Å². The molecule has 27 heavy (non-hydrogen) atoms. The summed E-state index contributed by atoms with van der Waals surface area (Å²) in [4.78, 5) is 18.9. The summed E-state index contributed by atoms with van der Waals surface area (Å²) in [5, 5.41) is 11.3. The summed E-state index contributed by atoms with van der Waals surface area (Å²) in [6.45, 7) is -0.580. The van der Waals surface area contributed by atoms with Crippen LogP contribution in [0, 0.1) is 11.8 Å². The molecule has 0 aliphatic carbocycles. The van der Waals surface area contributed by atoms with Gasteiger partial charge < -0.3 is 25.5 Å². The molecule has 2 atom stereocenters. The molecule has 3 rings (SSSR count). The lowest BCUT2D eigenvalue weighted by atomic mass is 10.2. The lowest BCUT2D eigenvalue weighted by molar-refractivity contribution is -0.173. The van der Waals surface area contributed by atoms with Gasteiger partial charge in [0, 0.05) is 6.20 Å². The number of amides is 1. The van der Waals surface area contributed by atoms with Crippen molar-refractivity contribution in [2.24, 2.45) is 0 Å². The molecule has 1 saturated heterocycles. The van der Waals surface area contributed by atoms with E-state index >= 15 is 0 Å². The number of rotatable bonds is 3. The number of nitrogens with two attached hydrogens (primary N) is 1. The Bertz CT molecular complexity index is 916. The van der Waals surface area contributed by atoms with Crippen LogP contribution in [0.1, 0.15) is 24.6 Å². The van der Waals surface area contributed by atoms with Gasteiger partial charge in [-0.2, -0.15) is 13.2 Å². The number of nitrogen functional groups attached to an aromatic ring is 1. The number of halogens is 3. The largest absolute Gasteiger partial charge is 0.471 e. The van der Waals surface area contributed by atoms with E-state index in [1.165, 1.54) is 6.33 Å². The second kappa shape index (κ2) is 7.42. The van der Waals surface area contributed by atoms with E-state index in [-0.39, 0.29) is 24.8 Å². The first-order valence-electron chi connectivity index (χ1n) is 8.02. The fraction of sp³-hybridized carbons (Fsp3) is 0.438. The molecule has 2 unspecified atom stereocenters. The topological polar surface area (TPSA) is 115 Å². The molecule has 8 nitrogen and oxygen atoms in total. The van der Waals surface area contributed by atoms with Crippen LogP contribution in [0.2, 0.25) is 0 Å². The molecular weight excluding hydrogens is 367 g/mol. The zero-order valence-electron chi connectivity index (χ0n) is 14.0. The number of hydrogen-bond acceptors (Lipinski definition) is 6. The second-order valence-corrected chi connectivity index (χ2v) is 5.86. The molecule has 1 aliphatic heterocycles. The third-order valence-electron chi connectivity index (χ3n) is 4.06. The van der Waals surface area contributed by atoms with Gasteiger partial charge in [0.15, 0.2) is 0 Å². The maximum atomic E-state index is 12.2. The second-order valence-electron chi connectivity index (χ2n) is 5.86. The molecule has 0 saturated carbocycles. The Balaban J connectivity index is 1.86. The van der Waals surface area contributed by atoms with Crippen LogP contribution in [0.4, 0.5) is 19.0 Å². The first kappa shape index (κ1) is 18.9. The molecule has 0 aromatic carbocycles. The van der Waals surface area contributed by atoms with Gasteiger partial charge in [-0.1, -0.05) is 11.8 Å². The van der Waals surface area contributed by atoms with Gasteiger partial charge in [-0.25, -0.2) is 9.97 Å². The van der Waals surface area contributed by atoms with Crippen LogP contribution in [0.15, 0.2) is 12.5 Å². The molecule has 0 bridgehead atoms. The first-order chi connectivity index (χ1) is 12.8. The van der Waals surface area contributed by atoms with E-state index in [1.807, 2.05) is 0 Å². The number of hydrogen-bond donors (Lipinski definition) is 3. The summed E-state index contributed by atoms with van der Waals surface area (Å²) in [5.41, 5.74) is 6.77. The van der Waals surface area contributed by atoms with Gasteiger partial charge in [0.05, 0.1) is 30.2 Å². The molecule has 1 fully saturated rings. The van der Waals surface area contributed by atoms with Crippen molar-refractivity contribution in [3.63, 3.8) is 0 Å². The number of anilines is 1. The number of carbonyl (C=O) groups is 1. The monoisotopic (exact) mass is 383 g/mol. The zero-order chi connectivity index (χ0) is 19.6. The van der Waals surface area contributed by atoms with E-state index in [9.17, 15) is 23.1 Å². The highest BCUT2D eigenvalue weighted by atomic mass is 19.4.